The first-order chi connectivity index (χ1) is 19.5. The van der Waals surface area contributed by atoms with Crippen LogP contribution in [0.1, 0.15) is 99.3 Å². The van der Waals surface area contributed by atoms with Crippen molar-refractivity contribution < 1.29 is 34.7 Å². The second kappa shape index (κ2) is 12.5. The van der Waals surface area contributed by atoms with Crippen molar-refractivity contribution in [2.75, 3.05) is 6.61 Å². The molecular weight excluding hydrogens is 532 g/mol. The number of carboxylic acid groups (broad SMARTS) is 1. The third-order valence-corrected chi connectivity index (χ3v) is 12.3. The molecule has 4 N–H and O–H groups in total. The molecule has 4 aliphatic rings. The average molecular weight is 589 g/mol. The number of rotatable bonds is 10. The lowest BCUT2D eigenvalue weighted by Crippen LogP contribution is -2.56. The molecule has 7 heteroatoms. The van der Waals surface area contributed by atoms with Gasteiger partial charge in [-0.25, -0.2) is 0 Å². The average Bonchev–Trinajstić information content (AvgIpc) is 3.14. The Kier molecular flexibility index (Phi) is 9.91. The molecular formula is C35H56O7. The Bertz CT molecular complexity index is 1060. The molecule has 2 saturated carbocycles. The summed E-state index contributed by atoms with van der Waals surface area (Å²) >= 11 is 0. The smallest absolute Gasteiger partial charge is 0.303 e. The van der Waals surface area contributed by atoms with E-state index in [1.54, 1.807) is 0 Å². The van der Waals surface area contributed by atoms with E-state index in [-0.39, 0.29) is 41.3 Å². The van der Waals surface area contributed by atoms with Crippen molar-refractivity contribution in [2.45, 2.75) is 130 Å². The van der Waals surface area contributed by atoms with Gasteiger partial charge in [-0.1, -0.05) is 63.6 Å². The van der Waals surface area contributed by atoms with E-state index >= 15 is 0 Å². The van der Waals surface area contributed by atoms with Gasteiger partial charge in [0.1, 0.15) is 18.3 Å². The van der Waals surface area contributed by atoms with Crippen molar-refractivity contribution in [3.63, 3.8) is 0 Å². The minimum absolute atomic E-state index is 0.0209. The van der Waals surface area contributed by atoms with Crippen LogP contribution in [0.4, 0.5) is 0 Å². The molecule has 3 fully saturated rings. The Labute approximate surface area is 253 Å². The maximum Gasteiger partial charge on any atom is 0.303 e. The fourth-order valence-corrected chi connectivity index (χ4v) is 9.92. The molecule has 0 aromatic carbocycles. The lowest BCUT2D eigenvalue weighted by molar-refractivity contribution is -0.177. The minimum Gasteiger partial charge on any atom is -0.481 e. The highest BCUT2D eigenvalue weighted by Crippen LogP contribution is 2.63. The first-order valence-corrected chi connectivity index (χ1v) is 16.1. The van der Waals surface area contributed by atoms with Crippen LogP contribution in [0.25, 0.3) is 0 Å². The molecule has 238 valence electrons. The van der Waals surface area contributed by atoms with E-state index in [1.807, 2.05) is 0 Å². The van der Waals surface area contributed by atoms with Gasteiger partial charge in [0.25, 0.3) is 0 Å². The van der Waals surface area contributed by atoms with Crippen LogP contribution in [-0.2, 0) is 14.3 Å². The summed E-state index contributed by atoms with van der Waals surface area (Å²) in [6.45, 7) is 22.7. The second-order valence-corrected chi connectivity index (χ2v) is 15.1. The summed E-state index contributed by atoms with van der Waals surface area (Å²) in [6, 6.07) is 0. The van der Waals surface area contributed by atoms with E-state index in [4.69, 9.17) is 9.47 Å². The fourth-order valence-electron chi connectivity index (χ4n) is 9.92. The van der Waals surface area contributed by atoms with Crippen LogP contribution in [0.15, 0.2) is 36.0 Å². The molecule has 0 unspecified atom stereocenters. The van der Waals surface area contributed by atoms with Gasteiger partial charge >= 0.3 is 5.97 Å². The number of carbonyl (C=O) groups is 1. The zero-order valence-electron chi connectivity index (χ0n) is 26.8. The number of allylic oxidation sites excluding steroid dienone is 4. The number of ether oxygens (including phenoxy) is 2. The maximum absolute atomic E-state index is 11.6. The molecule has 1 heterocycles. The Morgan fingerprint density at radius 3 is 2.36 bits per heavy atom. The topological polar surface area (TPSA) is 116 Å². The predicted octanol–water partition coefficient (Wildman–Crippen LogP) is 6.03. The molecule has 4 rings (SSSR count). The predicted molar refractivity (Wildman–Crippen MR) is 163 cm³/mol. The summed E-state index contributed by atoms with van der Waals surface area (Å²) in [5.41, 5.74) is 3.69. The van der Waals surface area contributed by atoms with E-state index < -0.39 is 30.6 Å². The Morgan fingerprint density at radius 1 is 1.10 bits per heavy atom. The summed E-state index contributed by atoms with van der Waals surface area (Å²) in [6.07, 6.45) is 5.49. The zero-order valence-corrected chi connectivity index (χ0v) is 26.8. The summed E-state index contributed by atoms with van der Waals surface area (Å²) in [5, 5.41) is 39.5. The zero-order chi connectivity index (χ0) is 31.2. The molecule has 0 aromatic rings. The van der Waals surface area contributed by atoms with Crippen LogP contribution in [0, 0.1) is 39.9 Å². The SMILES string of the molecule is C=C(C)[C@@H]1CC=C(C)[C@H](CC[C@H]2C(=C)CC[C@H]3C(C)(C)[C@@H](OC[C@H]4O[C@@H](O)[C@H](O)[C@H]4O)CC[C@]23C)[C@@]1(C)CCC(=O)O. The highest BCUT2D eigenvalue weighted by Gasteiger charge is 2.57. The number of fused-ring (bicyclic) bond motifs is 1. The molecule has 0 spiro atoms. The van der Waals surface area contributed by atoms with Gasteiger partial charge in [0.2, 0.25) is 0 Å². The van der Waals surface area contributed by atoms with Crippen molar-refractivity contribution in [1.29, 1.82) is 0 Å². The summed E-state index contributed by atoms with van der Waals surface area (Å²) in [4.78, 5) is 11.6. The normalized spacial score (nSPS) is 43.5. The number of aliphatic hydroxyl groups is 3. The molecule has 1 saturated heterocycles. The van der Waals surface area contributed by atoms with Crippen LogP contribution in [-0.4, -0.2) is 63.7 Å². The van der Waals surface area contributed by atoms with Crippen molar-refractivity contribution in [3.8, 4) is 0 Å². The highest BCUT2D eigenvalue weighted by molar-refractivity contribution is 5.66. The maximum atomic E-state index is 11.6. The molecule has 3 aliphatic carbocycles. The third kappa shape index (κ3) is 6.06. The number of aliphatic carboxylic acids is 1. The van der Waals surface area contributed by atoms with E-state index in [0.717, 1.165) is 50.5 Å². The summed E-state index contributed by atoms with van der Waals surface area (Å²) in [5.74, 6) is 0.652. The minimum atomic E-state index is -1.39. The molecule has 11 atom stereocenters. The van der Waals surface area contributed by atoms with E-state index in [0.29, 0.717) is 24.2 Å². The van der Waals surface area contributed by atoms with Gasteiger partial charge in [-0.3, -0.25) is 4.79 Å². The third-order valence-electron chi connectivity index (χ3n) is 12.3. The van der Waals surface area contributed by atoms with Crippen molar-refractivity contribution in [1.82, 2.24) is 0 Å². The molecule has 1 aliphatic heterocycles. The quantitative estimate of drug-likeness (QED) is 0.230. The molecule has 0 amide bonds. The fraction of sp³-hybridized carbons (Fsp3) is 0.800. The van der Waals surface area contributed by atoms with Gasteiger partial charge in [0, 0.05) is 6.42 Å². The summed E-state index contributed by atoms with van der Waals surface area (Å²) < 4.78 is 11.7. The van der Waals surface area contributed by atoms with Crippen molar-refractivity contribution >= 4 is 5.97 Å². The Morgan fingerprint density at radius 2 is 1.76 bits per heavy atom. The summed E-state index contributed by atoms with van der Waals surface area (Å²) in [7, 11) is 0. The van der Waals surface area contributed by atoms with Crippen LogP contribution in [0.5, 0.6) is 0 Å². The largest absolute Gasteiger partial charge is 0.481 e. The van der Waals surface area contributed by atoms with Crippen LogP contribution >= 0.6 is 0 Å². The second-order valence-electron chi connectivity index (χ2n) is 15.1. The lowest BCUT2D eigenvalue weighted by Gasteiger charge is -2.60. The van der Waals surface area contributed by atoms with Crippen molar-refractivity contribution in [3.05, 3.63) is 36.0 Å². The molecule has 0 aromatic heterocycles. The lowest BCUT2D eigenvalue weighted by atomic mass is 9.46. The molecule has 0 bridgehead atoms. The molecule has 0 radical (unpaired) electrons. The highest BCUT2D eigenvalue weighted by atomic mass is 16.7. The number of hydrogen-bond acceptors (Lipinski definition) is 6. The van der Waals surface area contributed by atoms with Crippen LogP contribution in [0.3, 0.4) is 0 Å². The van der Waals surface area contributed by atoms with E-state index in [1.165, 1.54) is 11.1 Å². The van der Waals surface area contributed by atoms with Gasteiger partial charge in [0.05, 0.1) is 12.7 Å². The number of aliphatic hydroxyl groups excluding tert-OH is 3. The Balaban J connectivity index is 1.50. The van der Waals surface area contributed by atoms with E-state index in [9.17, 15) is 25.2 Å². The monoisotopic (exact) mass is 588 g/mol. The molecule has 42 heavy (non-hydrogen) atoms. The first kappa shape index (κ1) is 33.4. The number of hydrogen-bond donors (Lipinski definition) is 4. The van der Waals surface area contributed by atoms with Gasteiger partial charge in [-0.2, -0.15) is 0 Å². The van der Waals surface area contributed by atoms with Crippen LogP contribution in [0.2, 0.25) is 0 Å². The van der Waals surface area contributed by atoms with Gasteiger partial charge in [-0.05, 0) is 105 Å². The Hall–Kier alpha value is -1.51. The van der Waals surface area contributed by atoms with Gasteiger partial charge < -0.3 is 29.9 Å². The first-order valence-electron chi connectivity index (χ1n) is 16.1. The van der Waals surface area contributed by atoms with Crippen molar-refractivity contribution in [2.24, 2.45) is 39.9 Å². The van der Waals surface area contributed by atoms with E-state index in [2.05, 4.69) is 60.8 Å². The van der Waals surface area contributed by atoms with Gasteiger partial charge in [0.15, 0.2) is 6.29 Å². The number of carboxylic acids is 1. The van der Waals surface area contributed by atoms with Gasteiger partial charge in [-0.15, -0.1) is 0 Å². The molecule has 7 nitrogen and oxygen atoms in total. The standard InChI is InChI=1S/C35H56O7/c1-20(2)23-11-9-21(3)24(34(23,7)18-16-29(36)37)12-13-25-22(4)10-14-27-33(5,6)28(15-17-35(25,27)8)41-19-26-30(38)31(39)32(40)42-26/h9,23-28,30-32,38-40H,1,4,10-19H2,2-3,5-8H3,(H,36,37)/t23-,24-,25-,26+,27-,28-,30-,31+,32+,34-,35+/m0/s1. The van der Waals surface area contributed by atoms with Crippen LogP contribution < -0.4 is 0 Å².